The van der Waals surface area contributed by atoms with Gasteiger partial charge in [-0.3, -0.25) is 0 Å². The molecule has 0 aliphatic heterocycles. The molecule has 0 fully saturated rings. The molecule has 0 spiro atoms. The second-order valence-electron chi connectivity index (χ2n) is 4.23. The summed E-state index contributed by atoms with van der Waals surface area (Å²) in [6.45, 7) is 4.31. The summed E-state index contributed by atoms with van der Waals surface area (Å²) in [4.78, 5) is 17.0. The van der Waals surface area contributed by atoms with Crippen molar-refractivity contribution in [3.05, 3.63) is 16.4 Å². The van der Waals surface area contributed by atoms with Crippen molar-refractivity contribution in [3.8, 4) is 10.6 Å². The predicted octanol–water partition coefficient (Wildman–Crippen LogP) is 1.19. The zero-order chi connectivity index (χ0) is 14.7. The van der Waals surface area contributed by atoms with E-state index in [9.17, 15) is 4.79 Å². The summed E-state index contributed by atoms with van der Waals surface area (Å²) in [5.74, 6) is -0.527. The van der Waals surface area contributed by atoms with Crippen molar-refractivity contribution in [3.63, 3.8) is 0 Å². The van der Waals surface area contributed by atoms with Gasteiger partial charge in [0.05, 0.1) is 22.7 Å². The van der Waals surface area contributed by atoms with Gasteiger partial charge >= 0.3 is 5.97 Å². The molecule has 108 valence electrons. The van der Waals surface area contributed by atoms with Crippen LogP contribution in [0.2, 0.25) is 0 Å². The Hall–Kier alpha value is -1.80. The molecule has 0 amide bonds. The Labute approximate surface area is 120 Å². The molecule has 2 heterocycles. The third-order valence-electron chi connectivity index (χ3n) is 2.76. The van der Waals surface area contributed by atoms with Gasteiger partial charge in [0, 0.05) is 13.2 Å². The molecule has 0 aromatic carbocycles. The summed E-state index contributed by atoms with van der Waals surface area (Å²) in [6.07, 6.45) is 0.536. The van der Waals surface area contributed by atoms with Gasteiger partial charge < -0.3 is 9.84 Å². The summed E-state index contributed by atoms with van der Waals surface area (Å²) in [6, 6.07) is 0. The van der Waals surface area contributed by atoms with Gasteiger partial charge in [-0.15, -0.1) is 16.4 Å². The lowest BCUT2D eigenvalue weighted by Crippen LogP contribution is -2.07. The molecule has 20 heavy (non-hydrogen) atoms. The van der Waals surface area contributed by atoms with E-state index in [1.807, 2.05) is 13.8 Å². The monoisotopic (exact) mass is 296 g/mol. The lowest BCUT2D eigenvalue weighted by molar-refractivity contribution is 0.0595. The molecule has 0 radical (unpaired) electrons. The molecule has 1 N–H and O–H groups in total. The first-order valence-electron chi connectivity index (χ1n) is 6.15. The smallest absolute Gasteiger partial charge is 0.360 e. The number of methoxy groups -OCH3 is 1. The lowest BCUT2D eigenvalue weighted by Gasteiger charge is -2.05. The van der Waals surface area contributed by atoms with E-state index in [1.54, 1.807) is 4.68 Å². The van der Waals surface area contributed by atoms with Gasteiger partial charge in [0.1, 0.15) is 5.69 Å². The number of carbonyl (C=O) groups excluding carboxylic acids is 1. The molecular formula is C12H16N4O3S. The third-order valence-corrected chi connectivity index (χ3v) is 3.84. The van der Waals surface area contributed by atoms with Crippen LogP contribution in [0.25, 0.3) is 10.6 Å². The van der Waals surface area contributed by atoms with Crippen molar-refractivity contribution in [2.24, 2.45) is 0 Å². The quantitative estimate of drug-likeness (QED) is 0.833. The second kappa shape index (κ2) is 6.10. The topological polar surface area (TPSA) is 90.1 Å². The van der Waals surface area contributed by atoms with E-state index in [2.05, 4.69) is 15.3 Å². The molecule has 0 aliphatic rings. The number of rotatable bonds is 5. The molecule has 0 unspecified atom stereocenters. The van der Waals surface area contributed by atoms with E-state index in [0.29, 0.717) is 18.7 Å². The molecule has 0 saturated heterocycles. The molecule has 0 atom stereocenters. The molecular weight excluding hydrogens is 280 g/mol. The molecule has 0 bridgehead atoms. The third kappa shape index (κ3) is 2.70. The number of nitrogens with zero attached hydrogens (tertiary/aromatic N) is 4. The fourth-order valence-electron chi connectivity index (χ4n) is 1.90. The van der Waals surface area contributed by atoms with Crippen LogP contribution < -0.4 is 0 Å². The standard InChI is InChI=1S/C12H16N4O3S/c1-7-11(20-8(2)13-7)10-9(12(18)19-3)14-15-16(10)5-4-6-17/h17H,4-6H2,1-3H3. The van der Waals surface area contributed by atoms with Gasteiger partial charge in [-0.25, -0.2) is 14.5 Å². The van der Waals surface area contributed by atoms with Crippen molar-refractivity contribution in [2.75, 3.05) is 13.7 Å². The first kappa shape index (κ1) is 14.6. The molecule has 0 aliphatic carbocycles. The van der Waals surface area contributed by atoms with Crippen molar-refractivity contribution in [1.82, 2.24) is 20.0 Å². The van der Waals surface area contributed by atoms with Gasteiger partial charge in [-0.05, 0) is 20.3 Å². The van der Waals surface area contributed by atoms with Gasteiger partial charge in [-0.1, -0.05) is 5.21 Å². The van der Waals surface area contributed by atoms with Crippen LogP contribution in [0, 0.1) is 13.8 Å². The number of hydrogen-bond donors (Lipinski definition) is 1. The number of thiazole rings is 1. The second-order valence-corrected chi connectivity index (χ2v) is 5.43. The fourth-order valence-corrected chi connectivity index (χ4v) is 2.87. The van der Waals surface area contributed by atoms with E-state index < -0.39 is 5.97 Å². The summed E-state index contributed by atoms with van der Waals surface area (Å²) in [5, 5.41) is 17.7. The average molecular weight is 296 g/mol. The van der Waals surface area contributed by atoms with E-state index >= 15 is 0 Å². The molecule has 2 rings (SSSR count). The molecule has 2 aromatic heterocycles. The van der Waals surface area contributed by atoms with Crippen LogP contribution >= 0.6 is 11.3 Å². The Morgan fingerprint density at radius 2 is 2.20 bits per heavy atom. The van der Waals surface area contributed by atoms with Gasteiger partial charge in [0.2, 0.25) is 0 Å². The Kier molecular flexibility index (Phi) is 4.46. The normalized spacial score (nSPS) is 10.8. The maximum atomic E-state index is 11.8. The number of esters is 1. The van der Waals surface area contributed by atoms with Crippen molar-refractivity contribution in [1.29, 1.82) is 0 Å². The Balaban J connectivity index is 2.54. The lowest BCUT2D eigenvalue weighted by atomic mass is 10.2. The van der Waals surface area contributed by atoms with Gasteiger partial charge in [0.25, 0.3) is 0 Å². The fraction of sp³-hybridized carbons (Fsp3) is 0.500. The van der Waals surface area contributed by atoms with Crippen LogP contribution in [-0.2, 0) is 11.3 Å². The maximum Gasteiger partial charge on any atom is 0.360 e. The van der Waals surface area contributed by atoms with E-state index in [0.717, 1.165) is 15.6 Å². The van der Waals surface area contributed by atoms with Crippen LogP contribution in [0.3, 0.4) is 0 Å². The number of aliphatic hydroxyl groups excluding tert-OH is 1. The zero-order valence-electron chi connectivity index (χ0n) is 11.6. The number of hydrogen-bond acceptors (Lipinski definition) is 7. The first-order valence-corrected chi connectivity index (χ1v) is 6.97. The average Bonchev–Trinajstić information content (AvgIpc) is 2.98. The highest BCUT2D eigenvalue weighted by molar-refractivity contribution is 7.15. The highest BCUT2D eigenvalue weighted by Crippen LogP contribution is 2.31. The van der Waals surface area contributed by atoms with Gasteiger partial charge in [0.15, 0.2) is 5.69 Å². The van der Waals surface area contributed by atoms with Crippen molar-refractivity contribution >= 4 is 17.3 Å². The van der Waals surface area contributed by atoms with Crippen molar-refractivity contribution < 1.29 is 14.6 Å². The highest BCUT2D eigenvalue weighted by Gasteiger charge is 2.24. The summed E-state index contributed by atoms with van der Waals surface area (Å²) in [7, 11) is 1.31. The summed E-state index contributed by atoms with van der Waals surface area (Å²) in [5.41, 5.74) is 1.61. The number of carbonyl (C=O) groups is 1. The first-order chi connectivity index (χ1) is 9.58. The molecule has 0 saturated carbocycles. The van der Waals surface area contributed by atoms with Crippen LogP contribution in [-0.4, -0.2) is 44.8 Å². The minimum absolute atomic E-state index is 0.0492. The van der Waals surface area contributed by atoms with E-state index in [-0.39, 0.29) is 12.3 Å². The zero-order valence-corrected chi connectivity index (χ0v) is 12.4. The highest BCUT2D eigenvalue weighted by atomic mass is 32.1. The molecule has 8 heteroatoms. The number of aliphatic hydroxyl groups is 1. The minimum atomic E-state index is -0.527. The Morgan fingerprint density at radius 1 is 1.45 bits per heavy atom. The van der Waals surface area contributed by atoms with Crippen LogP contribution in [0.1, 0.15) is 27.6 Å². The minimum Gasteiger partial charge on any atom is -0.464 e. The number of ether oxygens (including phenoxy) is 1. The van der Waals surface area contributed by atoms with Crippen LogP contribution in [0.5, 0.6) is 0 Å². The van der Waals surface area contributed by atoms with Crippen LogP contribution in [0.15, 0.2) is 0 Å². The van der Waals surface area contributed by atoms with E-state index in [1.165, 1.54) is 18.4 Å². The molecule has 2 aromatic rings. The Morgan fingerprint density at radius 3 is 2.75 bits per heavy atom. The van der Waals surface area contributed by atoms with Gasteiger partial charge in [-0.2, -0.15) is 0 Å². The Bertz CT molecular complexity index is 620. The maximum absolute atomic E-state index is 11.8. The van der Waals surface area contributed by atoms with Crippen LogP contribution in [0.4, 0.5) is 0 Å². The van der Waals surface area contributed by atoms with E-state index in [4.69, 9.17) is 9.84 Å². The number of aryl methyl sites for hydroxylation is 3. The SMILES string of the molecule is COC(=O)c1nnn(CCCO)c1-c1sc(C)nc1C. The summed E-state index contributed by atoms with van der Waals surface area (Å²) >= 11 is 1.48. The largest absolute Gasteiger partial charge is 0.464 e. The molecule has 7 nitrogen and oxygen atoms in total. The van der Waals surface area contributed by atoms with Crippen molar-refractivity contribution in [2.45, 2.75) is 26.8 Å². The predicted molar refractivity (Wildman–Crippen MR) is 73.6 cm³/mol. The summed E-state index contributed by atoms with van der Waals surface area (Å²) < 4.78 is 6.36. The number of aromatic nitrogens is 4.